The standard InChI is InChI=1S/C10H20O5Si.C7H14O5Si/c1-9(2)10(11)15-7-6-8-16(12-3,13-4)14-5;1-5-7(8)12-6-13(9-2,10-3)11-4/h1,6-8H2,2-5H3;5H,1,6H2,2-4H3. The highest BCUT2D eigenvalue weighted by atomic mass is 28.4. The van der Waals surface area contributed by atoms with Crippen LogP contribution in [0.2, 0.25) is 6.04 Å². The molecular formula is C17H34O10Si2. The highest BCUT2D eigenvalue weighted by molar-refractivity contribution is 6.60. The van der Waals surface area contributed by atoms with Gasteiger partial charge in [0.05, 0.1) is 6.61 Å². The SMILES string of the molecule is C=C(C)C(=O)OCCC[Si](OC)(OC)OC.C=CC(=O)OC[Si](OC)(OC)OC. The Morgan fingerprint density at radius 2 is 1.28 bits per heavy atom. The monoisotopic (exact) mass is 454 g/mol. The molecule has 170 valence electrons. The zero-order valence-corrected chi connectivity index (χ0v) is 20.4. The van der Waals surface area contributed by atoms with Crippen LogP contribution in [0.4, 0.5) is 0 Å². The van der Waals surface area contributed by atoms with Crippen LogP contribution in [0.1, 0.15) is 13.3 Å². The molecule has 0 aromatic heterocycles. The summed E-state index contributed by atoms with van der Waals surface area (Å²) in [5, 5.41) is 0. The first kappa shape index (κ1) is 29.8. The Kier molecular flexibility index (Phi) is 16.9. The number of hydrogen-bond acceptors (Lipinski definition) is 10. The second kappa shape index (κ2) is 16.4. The van der Waals surface area contributed by atoms with Gasteiger partial charge in [-0.1, -0.05) is 13.2 Å². The Balaban J connectivity index is 0. The first-order valence-corrected chi connectivity index (χ1v) is 12.4. The van der Waals surface area contributed by atoms with Gasteiger partial charge in [0.25, 0.3) is 0 Å². The lowest BCUT2D eigenvalue weighted by Gasteiger charge is -2.24. The van der Waals surface area contributed by atoms with Crippen molar-refractivity contribution in [1.29, 1.82) is 0 Å². The van der Waals surface area contributed by atoms with E-state index >= 15 is 0 Å². The van der Waals surface area contributed by atoms with E-state index in [2.05, 4.69) is 13.2 Å². The second-order valence-corrected chi connectivity index (χ2v) is 11.4. The maximum Gasteiger partial charge on any atom is 0.539 e. The molecule has 10 nitrogen and oxygen atoms in total. The number of ether oxygens (including phenoxy) is 2. The van der Waals surface area contributed by atoms with Crippen LogP contribution in [0.25, 0.3) is 0 Å². The second-order valence-electron chi connectivity index (χ2n) is 5.42. The van der Waals surface area contributed by atoms with E-state index < -0.39 is 23.6 Å². The number of esters is 2. The summed E-state index contributed by atoms with van der Waals surface area (Å²) < 4.78 is 40.4. The third kappa shape index (κ3) is 12.0. The van der Waals surface area contributed by atoms with Crippen LogP contribution in [0.3, 0.4) is 0 Å². The van der Waals surface area contributed by atoms with Gasteiger partial charge in [0.2, 0.25) is 0 Å². The summed E-state index contributed by atoms with van der Waals surface area (Å²) in [6.07, 6.45) is 1.70. The van der Waals surface area contributed by atoms with Crippen LogP contribution in [0.15, 0.2) is 24.8 Å². The summed E-state index contributed by atoms with van der Waals surface area (Å²) in [6, 6.07) is 0.611. The highest BCUT2D eigenvalue weighted by Gasteiger charge is 2.40. The van der Waals surface area contributed by atoms with Gasteiger partial charge < -0.3 is 36.0 Å². The summed E-state index contributed by atoms with van der Waals surface area (Å²) in [5.41, 5.74) is 0.397. The fourth-order valence-corrected chi connectivity index (χ4v) is 4.64. The Hall–Kier alpha value is -1.39. The van der Waals surface area contributed by atoms with Crippen LogP contribution in [0, 0.1) is 0 Å². The van der Waals surface area contributed by atoms with Gasteiger partial charge in [-0.05, 0) is 13.3 Å². The summed E-state index contributed by atoms with van der Waals surface area (Å²) in [6.45, 7) is 8.68. The van der Waals surface area contributed by atoms with Crippen molar-refractivity contribution >= 4 is 29.5 Å². The molecule has 0 aromatic rings. The molecule has 29 heavy (non-hydrogen) atoms. The van der Waals surface area contributed by atoms with Crippen LogP contribution >= 0.6 is 0 Å². The van der Waals surface area contributed by atoms with Crippen molar-refractivity contribution in [3.05, 3.63) is 24.8 Å². The summed E-state index contributed by atoms with van der Waals surface area (Å²) in [4.78, 5) is 21.8. The van der Waals surface area contributed by atoms with E-state index in [0.717, 1.165) is 6.08 Å². The van der Waals surface area contributed by atoms with E-state index in [1.165, 1.54) is 21.3 Å². The molecule has 0 aliphatic carbocycles. The van der Waals surface area contributed by atoms with Crippen molar-refractivity contribution in [2.45, 2.75) is 19.4 Å². The van der Waals surface area contributed by atoms with Crippen molar-refractivity contribution < 1.29 is 45.6 Å². The van der Waals surface area contributed by atoms with Crippen molar-refractivity contribution in [2.24, 2.45) is 0 Å². The molecule has 0 atom stereocenters. The maximum absolute atomic E-state index is 11.1. The Morgan fingerprint density at radius 1 is 0.828 bits per heavy atom. The molecule has 0 saturated carbocycles. The van der Waals surface area contributed by atoms with Gasteiger partial charge in [-0.2, -0.15) is 0 Å². The van der Waals surface area contributed by atoms with E-state index in [1.54, 1.807) is 28.3 Å². The van der Waals surface area contributed by atoms with Gasteiger partial charge in [0, 0.05) is 60.4 Å². The molecule has 0 rings (SSSR count). The molecule has 0 heterocycles. The minimum absolute atomic E-state index is 0.0125. The predicted octanol–water partition coefficient (Wildman–Crippen LogP) is 1.51. The lowest BCUT2D eigenvalue weighted by Crippen LogP contribution is -2.48. The highest BCUT2D eigenvalue weighted by Crippen LogP contribution is 2.15. The quantitative estimate of drug-likeness (QED) is 0.166. The first-order chi connectivity index (χ1) is 13.6. The molecule has 0 bridgehead atoms. The normalized spacial score (nSPS) is 11.1. The van der Waals surface area contributed by atoms with Crippen LogP contribution < -0.4 is 0 Å². The van der Waals surface area contributed by atoms with Crippen molar-refractivity contribution in [1.82, 2.24) is 0 Å². The lowest BCUT2D eigenvalue weighted by molar-refractivity contribution is -0.139. The molecular weight excluding hydrogens is 420 g/mol. The Labute approximate surface area is 175 Å². The summed E-state index contributed by atoms with van der Waals surface area (Å²) in [7, 11) is 3.68. The van der Waals surface area contributed by atoms with Gasteiger partial charge in [0.15, 0.2) is 6.23 Å². The molecule has 0 unspecified atom stereocenters. The average molecular weight is 455 g/mol. The van der Waals surface area contributed by atoms with Crippen LogP contribution in [-0.2, 0) is 45.6 Å². The number of hydrogen-bond donors (Lipinski definition) is 0. The Morgan fingerprint density at radius 3 is 1.62 bits per heavy atom. The van der Waals surface area contributed by atoms with Gasteiger partial charge >= 0.3 is 29.5 Å². The number of carbonyl (C=O) groups excluding carboxylic acids is 2. The molecule has 0 spiro atoms. The van der Waals surface area contributed by atoms with E-state index in [9.17, 15) is 9.59 Å². The molecule has 0 N–H and O–H groups in total. The van der Waals surface area contributed by atoms with Gasteiger partial charge in [0.1, 0.15) is 0 Å². The van der Waals surface area contributed by atoms with Gasteiger partial charge in [-0.25, -0.2) is 9.59 Å². The summed E-state index contributed by atoms with van der Waals surface area (Å²) in [5.74, 6) is -0.900. The molecule has 0 fully saturated rings. The summed E-state index contributed by atoms with van der Waals surface area (Å²) >= 11 is 0. The fourth-order valence-electron chi connectivity index (χ4n) is 1.78. The zero-order chi connectivity index (χ0) is 22.9. The van der Waals surface area contributed by atoms with Crippen LogP contribution in [-0.4, -0.2) is 85.0 Å². The van der Waals surface area contributed by atoms with E-state index in [0.29, 0.717) is 24.6 Å². The predicted molar refractivity (Wildman–Crippen MR) is 110 cm³/mol. The number of rotatable bonds is 14. The zero-order valence-electron chi connectivity index (χ0n) is 18.4. The number of carbonyl (C=O) groups is 2. The molecule has 0 amide bonds. The van der Waals surface area contributed by atoms with E-state index in [4.69, 9.17) is 36.0 Å². The van der Waals surface area contributed by atoms with Crippen molar-refractivity contribution in [2.75, 3.05) is 55.5 Å². The minimum Gasteiger partial charge on any atom is -0.462 e. The van der Waals surface area contributed by atoms with E-state index in [-0.39, 0.29) is 12.2 Å². The minimum atomic E-state index is -2.79. The van der Waals surface area contributed by atoms with Crippen LogP contribution in [0.5, 0.6) is 0 Å². The van der Waals surface area contributed by atoms with Crippen molar-refractivity contribution in [3.63, 3.8) is 0 Å². The molecule has 0 aromatic carbocycles. The smallest absolute Gasteiger partial charge is 0.462 e. The average Bonchev–Trinajstić information content (AvgIpc) is 2.75. The molecule has 0 radical (unpaired) electrons. The topological polar surface area (TPSA) is 108 Å². The third-order valence-corrected chi connectivity index (χ3v) is 8.83. The van der Waals surface area contributed by atoms with E-state index in [1.807, 2.05) is 0 Å². The first-order valence-electron chi connectivity index (χ1n) is 8.58. The third-order valence-electron chi connectivity index (χ3n) is 3.63. The molecule has 12 heteroatoms. The molecule has 0 aliphatic heterocycles. The Bertz CT molecular complexity index is 488. The van der Waals surface area contributed by atoms with Gasteiger partial charge in [-0.3, -0.25) is 0 Å². The molecule has 0 aliphatic rings. The fraction of sp³-hybridized carbons (Fsp3) is 0.647. The lowest BCUT2D eigenvalue weighted by atomic mass is 10.4. The van der Waals surface area contributed by atoms with Gasteiger partial charge in [-0.15, -0.1) is 0 Å². The molecule has 0 saturated heterocycles. The largest absolute Gasteiger partial charge is 0.539 e. The maximum atomic E-state index is 11.1. The van der Waals surface area contributed by atoms with Crippen molar-refractivity contribution in [3.8, 4) is 0 Å².